The third-order valence-corrected chi connectivity index (χ3v) is 4.04. The third-order valence-electron chi connectivity index (χ3n) is 3.60. The van der Waals surface area contributed by atoms with E-state index in [0.29, 0.717) is 32.9 Å². The van der Waals surface area contributed by atoms with Crippen LogP contribution in [-0.4, -0.2) is 18.0 Å². The van der Waals surface area contributed by atoms with Gasteiger partial charge >= 0.3 is 11.8 Å². The normalized spacial score (nSPS) is 10.9. The van der Waals surface area contributed by atoms with Gasteiger partial charge in [-0.25, -0.2) is 4.39 Å². The number of aliphatic imine (C=N–C) groups is 1. The van der Waals surface area contributed by atoms with Crippen molar-refractivity contribution in [3.8, 4) is 0 Å². The molecule has 1 heterocycles. The number of furan rings is 1. The van der Waals surface area contributed by atoms with E-state index >= 15 is 0 Å². The molecule has 2 N–H and O–H groups in total. The van der Waals surface area contributed by atoms with E-state index in [1.54, 1.807) is 12.1 Å². The Balaban J connectivity index is 1.52. The second-order valence-corrected chi connectivity index (χ2v) is 6.71. The maximum absolute atomic E-state index is 12.9. The molecule has 2 amide bonds. The highest BCUT2D eigenvalue weighted by Crippen LogP contribution is 2.22. The van der Waals surface area contributed by atoms with Crippen LogP contribution in [0.25, 0.3) is 0 Å². The third kappa shape index (κ3) is 6.17. The summed E-state index contributed by atoms with van der Waals surface area (Å²) < 4.78 is 18.4. The van der Waals surface area contributed by atoms with Crippen molar-refractivity contribution in [3.63, 3.8) is 0 Å². The summed E-state index contributed by atoms with van der Waals surface area (Å²) in [6.45, 7) is 0.00689. The molecule has 2 aromatic carbocycles. The quantitative estimate of drug-likeness (QED) is 0.450. The van der Waals surface area contributed by atoms with E-state index < -0.39 is 11.8 Å². The molecule has 1 aromatic heterocycles. The van der Waals surface area contributed by atoms with Crippen molar-refractivity contribution >= 4 is 52.6 Å². The Kier molecular flexibility index (Phi) is 6.64. The van der Waals surface area contributed by atoms with E-state index in [1.165, 1.54) is 48.7 Å². The Labute approximate surface area is 175 Å². The first-order valence-electron chi connectivity index (χ1n) is 8.33. The van der Waals surface area contributed by atoms with Gasteiger partial charge in [0.25, 0.3) is 0 Å². The predicted molar refractivity (Wildman–Crippen MR) is 109 cm³/mol. The zero-order chi connectivity index (χ0) is 20.8. The summed E-state index contributed by atoms with van der Waals surface area (Å²) in [5.41, 5.74) is 0.871. The Morgan fingerprint density at radius 2 is 1.69 bits per heavy atom. The lowest BCUT2D eigenvalue weighted by Crippen LogP contribution is -2.34. The minimum atomic E-state index is -0.868. The molecule has 0 aliphatic rings. The molecule has 0 saturated heterocycles. The van der Waals surface area contributed by atoms with Crippen LogP contribution in [0, 0.1) is 5.82 Å². The van der Waals surface area contributed by atoms with Gasteiger partial charge in [0.2, 0.25) is 0 Å². The molecule has 0 aliphatic carbocycles. The number of amides is 2. The second kappa shape index (κ2) is 9.36. The zero-order valence-electron chi connectivity index (χ0n) is 14.8. The van der Waals surface area contributed by atoms with E-state index in [4.69, 9.17) is 27.6 Å². The molecule has 0 bridgehead atoms. The van der Waals surface area contributed by atoms with Gasteiger partial charge in [0.1, 0.15) is 17.3 Å². The van der Waals surface area contributed by atoms with Crippen molar-refractivity contribution in [3.05, 3.63) is 82.0 Å². The summed E-state index contributed by atoms with van der Waals surface area (Å²) in [5.74, 6) is -1.19. The summed E-state index contributed by atoms with van der Waals surface area (Å²) >= 11 is 11.7. The molecule has 148 valence electrons. The molecule has 3 aromatic rings. The monoisotopic (exact) mass is 433 g/mol. The largest absolute Gasteiger partial charge is 0.458 e. The summed E-state index contributed by atoms with van der Waals surface area (Å²) in [4.78, 5) is 28.1. The van der Waals surface area contributed by atoms with Crippen molar-refractivity contribution in [2.75, 3.05) is 5.32 Å². The van der Waals surface area contributed by atoms with Gasteiger partial charge in [0.15, 0.2) is 0 Å². The van der Waals surface area contributed by atoms with E-state index in [2.05, 4.69) is 15.6 Å². The average molecular weight is 434 g/mol. The molecule has 0 atom stereocenters. The molecule has 0 fully saturated rings. The highest BCUT2D eigenvalue weighted by atomic mass is 35.5. The van der Waals surface area contributed by atoms with Crippen molar-refractivity contribution in [1.82, 2.24) is 5.32 Å². The molecule has 0 spiro atoms. The maximum atomic E-state index is 12.9. The SMILES string of the molecule is O=C(NCc1ccc(C=Nc2ccc(F)cc2)o1)C(=O)Nc1cc(Cl)cc(Cl)c1. The Hall–Kier alpha value is -3.16. The summed E-state index contributed by atoms with van der Waals surface area (Å²) in [6, 6.07) is 13.4. The van der Waals surface area contributed by atoms with Gasteiger partial charge in [-0.15, -0.1) is 0 Å². The van der Waals surface area contributed by atoms with Crippen LogP contribution in [0.15, 0.2) is 64.0 Å². The summed E-state index contributed by atoms with van der Waals surface area (Å²) in [5, 5.41) is 5.52. The first-order valence-corrected chi connectivity index (χ1v) is 9.08. The average Bonchev–Trinajstić information content (AvgIpc) is 3.12. The summed E-state index contributed by atoms with van der Waals surface area (Å²) in [6.07, 6.45) is 1.47. The first-order chi connectivity index (χ1) is 13.9. The zero-order valence-corrected chi connectivity index (χ0v) is 16.3. The lowest BCUT2D eigenvalue weighted by molar-refractivity contribution is -0.136. The van der Waals surface area contributed by atoms with Crippen molar-refractivity contribution in [2.45, 2.75) is 6.54 Å². The fraction of sp³-hybridized carbons (Fsp3) is 0.0500. The number of hydrogen-bond donors (Lipinski definition) is 2. The van der Waals surface area contributed by atoms with Crippen LogP contribution in [0.4, 0.5) is 15.8 Å². The Morgan fingerprint density at radius 1 is 1.00 bits per heavy atom. The van der Waals surface area contributed by atoms with Gasteiger partial charge in [0.05, 0.1) is 18.4 Å². The van der Waals surface area contributed by atoms with Gasteiger partial charge in [-0.05, 0) is 54.6 Å². The van der Waals surface area contributed by atoms with Crippen LogP contribution >= 0.6 is 23.2 Å². The molecule has 9 heteroatoms. The molecule has 29 heavy (non-hydrogen) atoms. The smallest absolute Gasteiger partial charge is 0.313 e. The number of rotatable bonds is 5. The molecule has 0 radical (unpaired) electrons. The number of halogens is 3. The molecule has 0 aliphatic heterocycles. The second-order valence-electron chi connectivity index (χ2n) is 5.83. The van der Waals surface area contributed by atoms with E-state index in [9.17, 15) is 14.0 Å². The fourth-order valence-corrected chi connectivity index (χ4v) is 2.81. The van der Waals surface area contributed by atoms with E-state index in [1.807, 2.05) is 0 Å². The highest BCUT2D eigenvalue weighted by Gasteiger charge is 2.14. The Morgan fingerprint density at radius 3 is 2.38 bits per heavy atom. The lowest BCUT2D eigenvalue weighted by atomic mass is 10.3. The van der Waals surface area contributed by atoms with Gasteiger partial charge < -0.3 is 15.1 Å². The molecule has 0 unspecified atom stereocenters. The number of carbonyl (C=O) groups is 2. The fourth-order valence-electron chi connectivity index (χ4n) is 2.29. The number of nitrogens with one attached hydrogen (secondary N) is 2. The number of anilines is 1. The van der Waals surface area contributed by atoms with Crippen LogP contribution in [0.3, 0.4) is 0 Å². The van der Waals surface area contributed by atoms with Crippen molar-refractivity contribution in [1.29, 1.82) is 0 Å². The van der Waals surface area contributed by atoms with Crippen LogP contribution in [0.2, 0.25) is 10.0 Å². The molecular weight excluding hydrogens is 420 g/mol. The van der Waals surface area contributed by atoms with Crippen molar-refractivity contribution < 1.29 is 18.4 Å². The molecule has 0 saturated carbocycles. The van der Waals surface area contributed by atoms with Gasteiger partial charge in [0, 0.05) is 15.7 Å². The minimum absolute atomic E-state index is 0.00689. The molecule has 3 rings (SSSR count). The van der Waals surface area contributed by atoms with E-state index in [0.717, 1.165) is 0 Å². The number of carbonyl (C=O) groups excluding carboxylic acids is 2. The van der Waals surface area contributed by atoms with Gasteiger partial charge in [-0.1, -0.05) is 23.2 Å². The maximum Gasteiger partial charge on any atom is 0.313 e. The standard InChI is InChI=1S/C20H14Cl2FN3O3/c21-12-7-13(22)9-16(8-12)26-20(28)19(27)25-11-18-6-5-17(29-18)10-24-15-3-1-14(23)2-4-15/h1-10H,11H2,(H,25,27)(H,26,28). The number of benzene rings is 2. The van der Waals surface area contributed by atoms with Crippen LogP contribution < -0.4 is 10.6 Å². The van der Waals surface area contributed by atoms with Gasteiger partial charge in [-0.3, -0.25) is 14.6 Å². The minimum Gasteiger partial charge on any atom is -0.458 e. The topological polar surface area (TPSA) is 83.7 Å². The molecular formula is C20H14Cl2FN3O3. The lowest BCUT2D eigenvalue weighted by Gasteiger charge is -2.06. The summed E-state index contributed by atoms with van der Waals surface area (Å²) in [7, 11) is 0. The van der Waals surface area contributed by atoms with Crippen LogP contribution in [0.1, 0.15) is 11.5 Å². The van der Waals surface area contributed by atoms with Crippen molar-refractivity contribution in [2.24, 2.45) is 4.99 Å². The van der Waals surface area contributed by atoms with E-state index in [-0.39, 0.29) is 12.4 Å². The molecule has 6 nitrogen and oxygen atoms in total. The van der Waals surface area contributed by atoms with Crippen LogP contribution in [-0.2, 0) is 16.1 Å². The van der Waals surface area contributed by atoms with Crippen LogP contribution in [0.5, 0.6) is 0 Å². The predicted octanol–water partition coefficient (Wildman–Crippen LogP) is 4.73. The van der Waals surface area contributed by atoms with Gasteiger partial charge in [-0.2, -0.15) is 0 Å². The number of hydrogen-bond acceptors (Lipinski definition) is 4. The number of nitrogens with zero attached hydrogens (tertiary/aromatic N) is 1. The Bertz CT molecular complexity index is 1040. The first kappa shape index (κ1) is 20.6. The highest BCUT2D eigenvalue weighted by molar-refractivity contribution is 6.40.